The number of hydrogen-bond donors (Lipinski definition) is 1. The molecule has 0 heterocycles. The second-order valence-electron chi connectivity index (χ2n) is 3.57. The van der Waals surface area contributed by atoms with E-state index in [2.05, 4.69) is 0 Å². The van der Waals surface area contributed by atoms with Gasteiger partial charge in [0.15, 0.2) is 0 Å². The summed E-state index contributed by atoms with van der Waals surface area (Å²) in [6.45, 7) is 1.70. The van der Waals surface area contributed by atoms with Crippen LogP contribution in [0.25, 0.3) is 0 Å². The Labute approximate surface area is 90.7 Å². The van der Waals surface area contributed by atoms with Crippen LogP contribution in [0.1, 0.15) is 30.6 Å². The van der Waals surface area contributed by atoms with Gasteiger partial charge in [0.1, 0.15) is 5.82 Å². The first kappa shape index (κ1) is 13.0. The van der Waals surface area contributed by atoms with E-state index in [1.807, 2.05) is 0 Å². The molecule has 0 saturated heterocycles. The van der Waals surface area contributed by atoms with Crippen molar-refractivity contribution >= 4 is 0 Å². The maximum atomic E-state index is 13.3. The van der Waals surface area contributed by atoms with Crippen LogP contribution < -0.4 is 0 Å². The molecule has 1 aromatic rings. The monoisotopic (exact) mass is 236 g/mol. The van der Waals surface area contributed by atoms with E-state index in [1.54, 1.807) is 6.92 Å². The summed E-state index contributed by atoms with van der Waals surface area (Å²) < 4.78 is 49.4. The summed E-state index contributed by atoms with van der Waals surface area (Å²) in [5.41, 5.74) is -0.106. The molecular weight excluding hydrogens is 224 g/mol. The highest BCUT2D eigenvalue weighted by Crippen LogP contribution is 2.25. The average molecular weight is 236 g/mol. The number of aliphatic hydroxyl groups excluding tert-OH is 1. The van der Waals surface area contributed by atoms with Crippen LogP contribution in [0.2, 0.25) is 0 Å². The molecule has 1 rings (SSSR count). The second kappa shape index (κ2) is 4.82. The van der Waals surface area contributed by atoms with Crippen LogP contribution >= 0.6 is 0 Å². The van der Waals surface area contributed by atoms with Crippen molar-refractivity contribution in [1.29, 1.82) is 0 Å². The van der Waals surface area contributed by atoms with Crippen LogP contribution in [-0.2, 0) is 6.42 Å². The Balaban J connectivity index is 2.92. The third kappa shape index (κ3) is 3.48. The number of halogens is 4. The van der Waals surface area contributed by atoms with Gasteiger partial charge in [-0.3, -0.25) is 0 Å². The summed E-state index contributed by atoms with van der Waals surface area (Å²) in [6.07, 6.45) is -6.17. The summed E-state index contributed by atoms with van der Waals surface area (Å²) in [7, 11) is 0. The third-order valence-electron chi connectivity index (χ3n) is 2.24. The van der Waals surface area contributed by atoms with Gasteiger partial charge in [0.05, 0.1) is 12.5 Å². The van der Waals surface area contributed by atoms with Gasteiger partial charge in [0.25, 0.3) is 0 Å². The summed E-state index contributed by atoms with van der Waals surface area (Å²) in [5, 5.41) is 9.39. The zero-order chi connectivity index (χ0) is 12.3. The second-order valence-corrected chi connectivity index (χ2v) is 3.57. The first-order chi connectivity index (χ1) is 7.33. The largest absolute Gasteiger partial charge is 0.393 e. The number of hydrogen-bond acceptors (Lipinski definition) is 1. The van der Waals surface area contributed by atoms with E-state index >= 15 is 0 Å². The molecule has 1 nitrogen and oxygen atoms in total. The van der Waals surface area contributed by atoms with Crippen molar-refractivity contribution in [3.63, 3.8) is 0 Å². The number of aliphatic hydroxyl groups is 1. The van der Waals surface area contributed by atoms with Crippen molar-refractivity contribution in [2.75, 3.05) is 0 Å². The standard InChI is InChI=1S/C11H12F4O/c1-2-10(16)7-3-4-8(9(12)5-7)6-11(13,14)15/h3-5,10,16H,2,6H2,1H3. The Morgan fingerprint density at radius 2 is 1.94 bits per heavy atom. The molecule has 0 aliphatic carbocycles. The zero-order valence-corrected chi connectivity index (χ0v) is 8.68. The van der Waals surface area contributed by atoms with Gasteiger partial charge in [-0.15, -0.1) is 0 Å². The number of rotatable bonds is 3. The summed E-state index contributed by atoms with van der Waals surface area (Å²) in [5.74, 6) is -0.928. The van der Waals surface area contributed by atoms with E-state index in [-0.39, 0.29) is 0 Å². The minimum absolute atomic E-state index is 0.297. The topological polar surface area (TPSA) is 20.2 Å². The molecule has 0 spiro atoms. The van der Waals surface area contributed by atoms with Gasteiger partial charge in [-0.1, -0.05) is 19.1 Å². The van der Waals surface area contributed by atoms with E-state index in [1.165, 1.54) is 6.07 Å². The molecule has 16 heavy (non-hydrogen) atoms. The number of alkyl halides is 3. The van der Waals surface area contributed by atoms with E-state index in [9.17, 15) is 22.7 Å². The molecule has 0 aliphatic heterocycles. The zero-order valence-electron chi connectivity index (χ0n) is 8.68. The predicted molar refractivity (Wildman–Crippen MR) is 51.4 cm³/mol. The average Bonchev–Trinajstić information content (AvgIpc) is 2.18. The van der Waals surface area contributed by atoms with Crippen molar-refractivity contribution in [3.8, 4) is 0 Å². The Morgan fingerprint density at radius 3 is 2.38 bits per heavy atom. The quantitative estimate of drug-likeness (QED) is 0.798. The molecule has 5 heteroatoms. The fourth-order valence-corrected chi connectivity index (χ4v) is 1.37. The van der Waals surface area contributed by atoms with Crippen molar-refractivity contribution in [2.45, 2.75) is 32.0 Å². The summed E-state index contributed by atoms with van der Waals surface area (Å²) in [4.78, 5) is 0. The van der Waals surface area contributed by atoms with E-state index in [0.717, 1.165) is 12.1 Å². The SMILES string of the molecule is CCC(O)c1ccc(CC(F)(F)F)c(F)c1. The Hall–Kier alpha value is -1.10. The fraction of sp³-hybridized carbons (Fsp3) is 0.455. The fourth-order valence-electron chi connectivity index (χ4n) is 1.37. The van der Waals surface area contributed by atoms with Gasteiger partial charge in [-0.05, 0) is 23.6 Å². The predicted octanol–water partition coefficient (Wildman–Crippen LogP) is 3.37. The molecule has 1 unspecified atom stereocenters. The van der Waals surface area contributed by atoms with Gasteiger partial charge in [0.2, 0.25) is 0 Å². The van der Waals surface area contributed by atoms with Gasteiger partial charge in [-0.2, -0.15) is 13.2 Å². The lowest BCUT2D eigenvalue weighted by Crippen LogP contribution is -2.13. The van der Waals surface area contributed by atoms with Crippen molar-refractivity contribution in [3.05, 3.63) is 35.1 Å². The van der Waals surface area contributed by atoms with Gasteiger partial charge >= 0.3 is 6.18 Å². The first-order valence-electron chi connectivity index (χ1n) is 4.86. The van der Waals surface area contributed by atoms with Crippen molar-refractivity contribution in [2.24, 2.45) is 0 Å². The minimum atomic E-state index is -4.42. The van der Waals surface area contributed by atoms with Gasteiger partial charge < -0.3 is 5.11 Å². The summed E-state index contributed by atoms with van der Waals surface area (Å²) >= 11 is 0. The van der Waals surface area contributed by atoms with Crippen LogP contribution in [0, 0.1) is 5.82 Å². The lowest BCUT2D eigenvalue weighted by molar-refractivity contribution is -0.127. The van der Waals surface area contributed by atoms with Crippen LogP contribution in [0.4, 0.5) is 17.6 Å². The molecule has 0 aliphatic rings. The molecule has 0 amide bonds. The first-order valence-corrected chi connectivity index (χ1v) is 4.86. The van der Waals surface area contributed by atoms with E-state index in [0.29, 0.717) is 12.0 Å². The van der Waals surface area contributed by atoms with Crippen LogP contribution in [-0.4, -0.2) is 11.3 Å². The van der Waals surface area contributed by atoms with Crippen LogP contribution in [0.15, 0.2) is 18.2 Å². The maximum absolute atomic E-state index is 13.3. The molecule has 0 aromatic heterocycles. The molecule has 0 radical (unpaired) electrons. The summed E-state index contributed by atoms with van der Waals surface area (Å²) in [6, 6.07) is 3.34. The van der Waals surface area contributed by atoms with Crippen molar-refractivity contribution in [1.82, 2.24) is 0 Å². The molecule has 1 N–H and O–H groups in total. The molecular formula is C11H12F4O. The lowest BCUT2D eigenvalue weighted by Gasteiger charge is -2.11. The van der Waals surface area contributed by atoms with Crippen LogP contribution in [0.5, 0.6) is 0 Å². The molecule has 1 aromatic carbocycles. The third-order valence-corrected chi connectivity index (χ3v) is 2.24. The molecule has 0 fully saturated rings. The highest BCUT2D eigenvalue weighted by molar-refractivity contribution is 5.26. The van der Waals surface area contributed by atoms with Crippen LogP contribution in [0.3, 0.4) is 0 Å². The Morgan fingerprint density at radius 1 is 1.31 bits per heavy atom. The lowest BCUT2D eigenvalue weighted by atomic mass is 10.0. The normalized spacial score (nSPS) is 13.9. The van der Waals surface area contributed by atoms with E-state index < -0.39 is 30.1 Å². The highest BCUT2D eigenvalue weighted by atomic mass is 19.4. The number of benzene rings is 1. The van der Waals surface area contributed by atoms with Gasteiger partial charge in [0, 0.05) is 0 Å². The Bertz CT molecular complexity index is 359. The minimum Gasteiger partial charge on any atom is -0.388 e. The van der Waals surface area contributed by atoms with Crippen molar-refractivity contribution < 1.29 is 22.7 Å². The molecule has 90 valence electrons. The molecule has 1 atom stereocenters. The smallest absolute Gasteiger partial charge is 0.388 e. The van der Waals surface area contributed by atoms with Gasteiger partial charge in [-0.25, -0.2) is 4.39 Å². The van der Waals surface area contributed by atoms with E-state index in [4.69, 9.17) is 0 Å². The molecule has 0 saturated carbocycles. The maximum Gasteiger partial charge on any atom is 0.393 e. The Kier molecular flexibility index (Phi) is 3.91. The highest BCUT2D eigenvalue weighted by Gasteiger charge is 2.29. The molecule has 0 bridgehead atoms.